The molecule has 1 fully saturated rings. The molecule has 0 spiro atoms. The predicted molar refractivity (Wildman–Crippen MR) is 76.2 cm³/mol. The molecule has 0 aliphatic carbocycles. The van der Waals surface area contributed by atoms with E-state index >= 15 is 0 Å². The standard InChI is InChI=1S/C13H18N2O4S/c1-2-14-12-7-8-19-9-13(12)20(18)11-5-3-10(4-6-11)15(16)17/h3-6,12-14H,2,7-9H2,1H3. The van der Waals surface area contributed by atoms with Crippen LogP contribution >= 0.6 is 0 Å². The summed E-state index contributed by atoms with van der Waals surface area (Å²) >= 11 is 0. The summed E-state index contributed by atoms with van der Waals surface area (Å²) in [6, 6.07) is 6.06. The van der Waals surface area contributed by atoms with E-state index in [0.29, 0.717) is 18.1 Å². The van der Waals surface area contributed by atoms with Gasteiger partial charge in [-0.15, -0.1) is 0 Å². The summed E-state index contributed by atoms with van der Waals surface area (Å²) in [6.45, 7) is 3.95. The summed E-state index contributed by atoms with van der Waals surface area (Å²) in [6.07, 6.45) is 0.831. The molecule has 1 aliphatic rings. The van der Waals surface area contributed by atoms with Crippen LogP contribution in [0.2, 0.25) is 0 Å². The molecule has 6 nitrogen and oxygen atoms in total. The Morgan fingerprint density at radius 3 is 2.75 bits per heavy atom. The Morgan fingerprint density at radius 2 is 2.15 bits per heavy atom. The molecule has 0 amide bonds. The number of non-ortho nitro benzene ring substituents is 1. The fourth-order valence-electron chi connectivity index (χ4n) is 2.30. The molecule has 7 heteroatoms. The highest BCUT2D eigenvalue weighted by molar-refractivity contribution is 7.85. The van der Waals surface area contributed by atoms with Crippen molar-refractivity contribution >= 4 is 16.5 Å². The lowest BCUT2D eigenvalue weighted by Gasteiger charge is -2.31. The molecule has 20 heavy (non-hydrogen) atoms. The number of nitro benzene ring substituents is 1. The zero-order valence-electron chi connectivity index (χ0n) is 11.3. The fraction of sp³-hybridized carbons (Fsp3) is 0.538. The highest BCUT2D eigenvalue weighted by Gasteiger charge is 2.31. The van der Waals surface area contributed by atoms with Gasteiger partial charge in [0.05, 0.1) is 27.6 Å². The van der Waals surface area contributed by atoms with Crippen molar-refractivity contribution in [3.05, 3.63) is 34.4 Å². The summed E-state index contributed by atoms with van der Waals surface area (Å²) in [7, 11) is -1.23. The SMILES string of the molecule is CCNC1CCOCC1S(=O)c1ccc([N+](=O)[O-])cc1. The van der Waals surface area contributed by atoms with E-state index in [1.165, 1.54) is 12.1 Å². The maximum Gasteiger partial charge on any atom is 0.269 e. The number of hydrogen-bond donors (Lipinski definition) is 1. The Kier molecular flexibility index (Phi) is 5.22. The van der Waals surface area contributed by atoms with E-state index in [9.17, 15) is 14.3 Å². The van der Waals surface area contributed by atoms with Gasteiger partial charge in [0.1, 0.15) is 0 Å². The lowest BCUT2D eigenvalue weighted by molar-refractivity contribution is -0.384. The highest BCUT2D eigenvalue weighted by Crippen LogP contribution is 2.21. The first-order valence-corrected chi connectivity index (χ1v) is 7.81. The Hall–Kier alpha value is -1.31. The van der Waals surface area contributed by atoms with Crippen LogP contribution in [0.1, 0.15) is 13.3 Å². The molecule has 1 aromatic rings. The molecule has 3 unspecified atom stereocenters. The lowest BCUT2D eigenvalue weighted by Crippen LogP contribution is -2.48. The number of benzene rings is 1. The summed E-state index contributed by atoms with van der Waals surface area (Å²) in [4.78, 5) is 10.8. The van der Waals surface area contributed by atoms with E-state index < -0.39 is 15.7 Å². The molecule has 3 atom stereocenters. The normalized spacial score (nSPS) is 24.2. The van der Waals surface area contributed by atoms with Crippen LogP contribution in [-0.4, -0.2) is 40.2 Å². The van der Waals surface area contributed by atoms with Gasteiger partial charge in [0, 0.05) is 29.7 Å². The van der Waals surface area contributed by atoms with Crippen LogP contribution < -0.4 is 5.32 Å². The maximum atomic E-state index is 12.6. The van der Waals surface area contributed by atoms with Crippen molar-refractivity contribution in [2.24, 2.45) is 0 Å². The number of ether oxygens (including phenoxy) is 1. The third kappa shape index (κ3) is 3.41. The van der Waals surface area contributed by atoms with Crippen LogP contribution in [0, 0.1) is 10.1 Å². The van der Waals surface area contributed by atoms with Gasteiger partial charge < -0.3 is 10.1 Å². The zero-order valence-corrected chi connectivity index (χ0v) is 12.1. The van der Waals surface area contributed by atoms with Gasteiger partial charge in [0.15, 0.2) is 0 Å². The van der Waals surface area contributed by atoms with E-state index in [4.69, 9.17) is 4.74 Å². The molecule has 0 saturated carbocycles. The summed E-state index contributed by atoms with van der Waals surface area (Å²) < 4.78 is 18.0. The number of rotatable bonds is 5. The number of nitro groups is 1. The van der Waals surface area contributed by atoms with Crippen LogP contribution in [0.5, 0.6) is 0 Å². The van der Waals surface area contributed by atoms with Gasteiger partial charge in [-0.25, -0.2) is 0 Å². The molecule has 1 saturated heterocycles. The Labute approximate surface area is 120 Å². The van der Waals surface area contributed by atoms with Gasteiger partial charge in [-0.05, 0) is 25.1 Å². The quantitative estimate of drug-likeness (QED) is 0.657. The van der Waals surface area contributed by atoms with Crippen molar-refractivity contribution in [3.63, 3.8) is 0 Å². The average molecular weight is 298 g/mol. The molecule has 1 aromatic carbocycles. The first-order chi connectivity index (χ1) is 9.63. The topological polar surface area (TPSA) is 81.5 Å². The molecular weight excluding hydrogens is 280 g/mol. The molecule has 2 rings (SSSR count). The first-order valence-electron chi connectivity index (χ1n) is 6.59. The minimum atomic E-state index is -1.23. The summed E-state index contributed by atoms with van der Waals surface area (Å²) in [5.41, 5.74) is 0.00822. The van der Waals surface area contributed by atoms with Crippen LogP contribution in [0.15, 0.2) is 29.2 Å². The lowest BCUT2D eigenvalue weighted by atomic mass is 10.1. The van der Waals surface area contributed by atoms with E-state index in [-0.39, 0.29) is 17.0 Å². The van der Waals surface area contributed by atoms with Crippen molar-refractivity contribution in [1.82, 2.24) is 5.32 Å². The monoisotopic (exact) mass is 298 g/mol. The van der Waals surface area contributed by atoms with E-state index in [1.54, 1.807) is 12.1 Å². The first kappa shape index (κ1) is 15.1. The molecule has 0 aromatic heterocycles. The smallest absolute Gasteiger partial charge is 0.269 e. The van der Waals surface area contributed by atoms with Crippen molar-refractivity contribution in [2.75, 3.05) is 19.8 Å². The van der Waals surface area contributed by atoms with Crippen molar-refractivity contribution in [3.8, 4) is 0 Å². The Balaban J connectivity index is 2.14. The van der Waals surface area contributed by atoms with Gasteiger partial charge in [0.2, 0.25) is 0 Å². The van der Waals surface area contributed by atoms with Crippen LogP contribution in [0.3, 0.4) is 0 Å². The number of nitrogens with one attached hydrogen (secondary N) is 1. The third-order valence-electron chi connectivity index (χ3n) is 3.33. The Bertz CT molecular complexity index is 490. The molecule has 1 heterocycles. The van der Waals surface area contributed by atoms with Crippen molar-refractivity contribution in [2.45, 2.75) is 29.5 Å². The molecule has 1 N–H and O–H groups in total. The molecule has 0 radical (unpaired) electrons. The maximum absolute atomic E-state index is 12.6. The van der Waals surface area contributed by atoms with Gasteiger partial charge in [-0.1, -0.05) is 6.92 Å². The average Bonchev–Trinajstić information content (AvgIpc) is 2.47. The highest BCUT2D eigenvalue weighted by atomic mass is 32.2. The second-order valence-corrected chi connectivity index (χ2v) is 6.29. The van der Waals surface area contributed by atoms with Crippen LogP contribution in [0.25, 0.3) is 0 Å². The molecule has 110 valence electrons. The second-order valence-electron chi connectivity index (χ2n) is 4.61. The van der Waals surface area contributed by atoms with Crippen molar-refractivity contribution < 1.29 is 13.9 Å². The fourth-order valence-corrected chi connectivity index (χ4v) is 3.80. The molecule has 0 bridgehead atoms. The number of hydrogen-bond acceptors (Lipinski definition) is 5. The molecular formula is C13H18N2O4S. The van der Waals surface area contributed by atoms with Gasteiger partial charge in [-0.3, -0.25) is 14.3 Å². The van der Waals surface area contributed by atoms with Crippen LogP contribution in [-0.2, 0) is 15.5 Å². The van der Waals surface area contributed by atoms with Gasteiger partial charge in [-0.2, -0.15) is 0 Å². The van der Waals surface area contributed by atoms with Gasteiger partial charge in [0.25, 0.3) is 5.69 Å². The second kappa shape index (κ2) is 6.92. The molecule has 1 aliphatic heterocycles. The minimum Gasteiger partial charge on any atom is -0.380 e. The zero-order chi connectivity index (χ0) is 14.5. The number of nitrogens with zero attached hydrogens (tertiary/aromatic N) is 1. The van der Waals surface area contributed by atoms with E-state index in [2.05, 4.69) is 5.32 Å². The van der Waals surface area contributed by atoms with Crippen molar-refractivity contribution in [1.29, 1.82) is 0 Å². The van der Waals surface area contributed by atoms with Gasteiger partial charge >= 0.3 is 0 Å². The predicted octanol–water partition coefficient (Wildman–Crippen LogP) is 1.47. The van der Waals surface area contributed by atoms with Crippen LogP contribution in [0.4, 0.5) is 5.69 Å². The largest absolute Gasteiger partial charge is 0.380 e. The summed E-state index contributed by atoms with van der Waals surface area (Å²) in [5, 5.41) is 13.8. The summed E-state index contributed by atoms with van der Waals surface area (Å²) in [5.74, 6) is 0. The van der Waals surface area contributed by atoms with E-state index in [1.807, 2.05) is 6.92 Å². The van der Waals surface area contributed by atoms with E-state index in [0.717, 1.165) is 13.0 Å². The minimum absolute atomic E-state index is 0.00822. The Morgan fingerprint density at radius 1 is 1.45 bits per heavy atom. The third-order valence-corrected chi connectivity index (χ3v) is 5.08.